The van der Waals surface area contributed by atoms with Gasteiger partial charge in [0.2, 0.25) is 11.8 Å². The van der Waals surface area contributed by atoms with E-state index in [1.54, 1.807) is 28.8 Å². The Morgan fingerprint density at radius 1 is 0.974 bits per heavy atom. The van der Waals surface area contributed by atoms with Crippen molar-refractivity contribution in [3.63, 3.8) is 0 Å². The van der Waals surface area contributed by atoms with Crippen molar-refractivity contribution >= 4 is 46.8 Å². The molecule has 0 aliphatic heterocycles. The minimum absolute atomic E-state index is 0.0860. The van der Waals surface area contributed by atoms with Crippen molar-refractivity contribution < 1.29 is 9.59 Å². The van der Waals surface area contributed by atoms with Gasteiger partial charge in [0, 0.05) is 34.8 Å². The van der Waals surface area contributed by atoms with E-state index in [0.29, 0.717) is 16.5 Å². The summed E-state index contributed by atoms with van der Waals surface area (Å²) in [7, 11) is 0. The lowest BCUT2D eigenvalue weighted by Gasteiger charge is -2.32. The average Bonchev–Trinajstić information content (AvgIpc) is 3.42. The second kappa shape index (κ2) is 14.1. The number of halogens is 2. The third-order valence-electron chi connectivity index (χ3n) is 7.07. The number of hydrogen-bond acceptors (Lipinski definition) is 3. The fourth-order valence-electron chi connectivity index (χ4n) is 4.86. The fraction of sp³-hybridized carbons (Fsp3) is 0.355. The number of carbonyl (C=O) groups is 2. The summed E-state index contributed by atoms with van der Waals surface area (Å²) in [6, 6.07) is 22.9. The number of amides is 2. The predicted molar refractivity (Wildman–Crippen MR) is 159 cm³/mol. The summed E-state index contributed by atoms with van der Waals surface area (Å²) in [5.74, 6) is 0.799. The number of thioether (sulfide) groups is 1. The highest BCUT2D eigenvalue weighted by atomic mass is 35.5. The van der Waals surface area contributed by atoms with Gasteiger partial charge < -0.3 is 10.2 Å². The van der Waals surface area contributed by atoms with Crippen LogP contribution in [0.15, 0.2) is 72.8 Å². The van der Waals surface area contributed by atoms with Crippen LogP contribution in [0, 0.1) is 6.92 Å². The average molecular weight is 570 g/mol. The maximum atomic E-state index is 13.8. The molecule has 1 fully saturated rings. The highest BCUT2D eigenvalue weighted by molar-refractivity contribution is 7.99. The third-order valence-corrected chi connectivity index (χ3v) is 8.63. The molecule has 0 radical (unpaired) electrons. The van der Waals surface area contributed by atoms with Gasteiger partial charge in [-0.15, -0.1) is 11.8 Å². The lowest BCUT2D eigenvalue weighted by Crippen LogP contribution is -2.52. The SMILES string of the molecule is Cc1ccccc1CSCC(=O)N(Cc1ccc(Cl)cc1Cl)[C@@H](Cc1ccccc1)C(=O)NC1CCCC1. The normalized spacial score (nSPS) is 14.3. The molecule has 0 saturated heterocycles. The third kappa shape index (κ3) is 8.02. The van der Waals surface area contributed by atoms with Crippen LogP contribution in [0.5, 0.6) is 0 Å². The van der Waals surface area contributed by atoms with Crippen LogP contribution in [0.25, 0.3) is 0 Å². The summed E-state index contributed by atoms with van der Waals surface area (Å²) in [5.41, 5.74) is 4.18. The number of nitrogens with zero attached hydrogens (tertiary/aromatic N) is 1. The van der Waals surface area contributed by atoms with Crippen LogP contribution < -0.4 is 5.32 Å². The van der Waals surface area contributed by atoms with E-state index in [2.05, 4.69) is 24.4 Å². The molecular weight excluding hydrogens is 535 g/mol. The van der Waals surface area contributed by atoms with Crippen LogP contribution in [0.2, 0.25) is 10.0 Å². The number of aryl methyl sites for hydroxylation is 1. The van der Waals surface area contributed by atoms with Gasteiger partial charge in [-0.2, -0.15) is 0 Å². The van der Waals surface area contributed by atoms with E-state index in [0.717, 1.165) is 42.6 Å². The molecule has 1 atom stereocenters. The molecule has 3 aromatic carbocycles. The Bertz CT molecular complexity index is 1230. The van der Waals surface area contributed by atoms with Crippen molar-refractivity contribution in [3.8, 4) is 0 Å². The number of carbonyl (C=O) groups excluding carboxylic acids is 2. The smallest absolute Gasteiger partial charge is 0.243 e. The van der Waals surface area contributed by atoms with Gasteiger partial charge in [0.25, 0.3) is 0 Å². The Morgan fingerprint density at radius 3 is 2.39 bits per heavy atom. The summed E-state index contributed by atoms with van der Waals surface area (Å²) in [6.07, 6.45) is 4.62. The molecule has 4 rings (SSSR count). The molecule has 0 bridgehead atoms. The zero-order valence-electron chi connectivity index (χ0n) is 21.7. The topological polar surface area (TPSA) is 49.4 Å². The summed E-state index contributed by atoms with van der Waals surface area (Å²) < 4.78 is 0. The molecule has 2 amide bonds. The van der Waals surface area contributed by atoms with E-state index < -0.39 is 6.04 Å². The minimum Gasteiger partial charge on any atom is -0.352 e. The minimum atomic E-state index is -0.656. The Labute approximate surface area is 240 Å². The van der Waals surface area contributed by atoms with Gasteiger partial charge >= 0.3 is 0 Å². The zero-order valence-corrected chi connectivity index (χ0v) is 24.0. The van der Waals surface area contributed by atoms with E-state index >= 15 is 0 Å². The van der Waals surface area contributed by atoms with Gasteiger partial charge in [-0.25, -0.2) is 0 Å². The maximum absolute atomic E-state index is 13.8. The van der Waals surface area contributed by atoms with Crippen LogP contribution in [0.3, 0.4) is 0 Å². The fourth-order valence-corrected chi connectivity index (χ4v) is 6.31. The van der Waals surface area contributed by atoms with Gasteiger partial charge in [0.05, 0.1) is 5.75 Å². The first-order valence-electron chi connectivity index (χ1n) is 13.1. The van der Waals surface area contributed by atoms with Crippen molar-refractivity contribution in [2.24, 2.45) is 0 Å². The number of rotatable bonds is 11. The number of nitrogens with one attached hydrogen (secondary N) is 1. The molecule has 1 saturated carbocycles. The van der Waals surface area contributed by atoms with E-state index in [9.17, 15) is 9.59 Å². The Balaban J connectivity index is 1.59. The highest BCUT2D eigenvalue weighted by Crippen LogP contribution is 2.26. The molecule has 1 N–H and O–H groups in total. The number of benzene rings is 3. The lowest BCUT2D eigenvalue weighted by molar-refractivity contribution is -0.139. The predicted octanol–water partition coefficient (Wildman–Crippen LogP) is 7.23. The molecule has 7 heteroatoms. The van der Waals surface area contributed by atoms with Crippen molar-refractivity contribution in [2.45, 2.75) is 63.4 Å². The van der Waals surface area contributed by atoms with Crippen LogP contribution in [-0.2, 0) is 28.3 Å². The summed E-state index contributed by atoms with van der Waals surface area (Å²) in [6.45, 7) is 2.31. The standard InChI is InChI=1S/C31H34Cl2N2O2S/c1-22-9-5-6-12-25(22)20-38-21-30(36)35(19-24-15-16-26(32)18-28(24)33)29(17-23-10-3-2-4-11-23)31(37)34-27-13-7-8-14-27/h2-6,9-12,15-16,18,27,29H,7-8,13-14,17,19-21H2,1H3,(H,34,37)/t29-/m0/s1. The molecule has 1 aliphatic carbocycles. The largest absolute Gasteiger partial charge is 0.352 e. The van der Waals surface area contributed by atoms with E-state index in [-0.39, 0.29) is 30.2 Å². The lowest BCUT2D eigenvalue weighted by atomic mass is 10.0. The molecular formula is C31H34Cl2N2O2S. The molecule has 0 aromatic heterocycles. The molecule has 0 unspecified atom stereocenters. The number of hydrogen-bond donors (Lipinski definition) is 1. The van der Waals surface area contributed by atoms with Crippen molar-refractivity contribution in [3.05, 3.63) is 105 Å². The van der Waals surface area contributed by atoms with Gasteiger partial charge in [0.15, 0.2) is 0 Å². The maximum Gasteiger partial charge on any atom is 0.243 e. The summed E-state index contributed by atoms with van der Waals surface area (Å²) >= 11 is 14.2. The van der Waals surface area contributed by atoms with Crippen LogP contribution >= 0.6 is 35.0 Å². The van der Waals surface area contributed by atoms with E-state index in [1.165, 1.54) is 11.1 Å². The molecule has 1 aliphatic rings. The second-order valence-electron chi connectivity index (χ2n) is 9.87. The quantitative estimate of drug-likeness (QED) is 0.265. The van der Waals surface area contributed by atoms with E-state index in [4.69, 9.17) is 23.2 Å². The Morgan fingerprint density at radius 2 is 1.68 bits per heavy atom. The second-order valence-corrected chi connectivity index (χ2v) is 11.7. The van der Waals surface area contributed by atoms with Gasteiger partial charge in [-0.1, -0.05) is 96.7 Å². The van der Waals surface area contributed by atoms with Crippen LogP contribution in [0.4, 0.5) is 0 Å². The Hall–Kier alpha value is -2.47. The first-order chi connectivity index (χ1) is 18.4. The van der Waals surface area contributed by atoms with Crippen LogP contribution in [-0.4, -0.2) is 34.6 Å². The zero-order chi connectivity index (χ0) is 26.9. The Kier molecular flexibility index (Phi) is 10.6. The van der Waals surface area contributed by atoms with Gasteiger partial charge in [-0.3, -0.25) is 9.59 Å². The van der Waals surface area contributed by atoms with Gasteiger partial charge in [-0.05, 0) is 54.2 Å². The first-order valence-corrected chi connectivity index (χ1v) is 15.0. The molecule has 0 spiro atoms. The van der Waals surface area contributed by atoms with E-state index in [1.807, 2.05) is 48.5 Å². The molecule has 3 aromatic rings. The highest BCUT2D eigenvalue weighted by Gasteiger charge is 2.32. The summed E-state index contributed by atoms with van der Waals surface area (Å²) in [5, 5.41) is 4.26. The first kappa shape index (κ1) is 28.5. The van der Waals surface area contributed by atoms with Crippen molar-refractivity contribution in [1.29, 1.82) is 0 Å². The molecule has 200 valence electrons. The monoisotopic (exact) mass is 568 g/mol. The summed E-state index contributed by atoms with van der Waals surface area (Å²) in [4.78, 5) is 29.3. The van der Waals surface area contributed by atoms with Gasteiger partial charge in [0.1, 0.15) is 6.04 Å². The molecule has 0 heterocycles. The molecule has 4 nitrogen and oxygen atoms in total. The molecule has 38 heavy (non-hydrogen) atoms. The van der Waals surface area contributed by atoms with Crippen molar-refractivity contribution in [2.75, 3.05) is 5.75 Å². The van der Waals surface area contributed by atoms with Crippen LogP contribution in [0.1, 0.15) is 47.9 Å². The van der Waals surface area contributed by atoms with Crippen molar-refractivity contribution in [1.82, 2.24) is 10.2 Å².